The molecule has 2 aromatic rings. The van der Waals surface area contributed by atoms with E-state index >= 15 is 0 Å². The fourth-order valence-corrected chi connectivity index (χ4v) is 3.40. The maximum Gasteiger partial charge on any atom is 0.260 e. The number of benzene rings is 1. The Balaban J connectivity index is 2.08. The lowest BCUT2D eigenvalue weighted by atomic mass is 9.64. The average Bonchev–Trinajstić information content (AvgIpc) is 2.45. The number of nitrogens with zero attached hydrogens (tertiary/aromatic N) is 1. The lowest BCUT2D eigenvalue weighted by molar-refractivity contribution is -0.127. The van der Waals surface area contributed by atoms with Crippen molar-refractivity contribution in [2.24, 2.45) is 5.41 Å². The van der Waals surface area contributed by atoms with E-state index in [1.165, 1.54) is 0 Å². The second-order valence-electron chi connectivity index (χ2n) is 6.35. The summed E-state index contributed by atoms with van der Waals surface area (Å²) < 4.78 is 7.50. The molecule has 1 aliphatic carbocycles. The number of ether oxygens (including phenoxy) is 1. The summed E-state index contributed by atoms with van der Waals surface area (Å²) in [5.41, 5.74) is 6.07. The fraction of sp³-hybridized carbons (Fsp3) is 0.471. The van der Waals surface area contributed by atoms with Crippen molar-refractivity contribution in [2.45, 2.75) is 39.3 Å². The molecule has 2 N–H and O–H groups in total. The third-order valence-corrected chi connectivity index (χ3v) is 4.80. The van der Waals surface area contributed by atoms with Gasteiger partial charge in [-0.15, -0.1) is 0 Å². The van der Waals surface area contributed by atoms with Crippen LogP contribution in [0.1, 0.15) is 33.2 Å². The molecule has 1 aromatic carbocycles. The Bertz CT molecular complexity index is 733. The van der Waals surface area contributed by atoms with E-state index in [0.717, 1.165) is 17.2 Å². The largest absolute Gasteiger partial charge is 0.385 e. The zero-order chi connectivity index (χ0) is 15.2. The molecular weight excluding hydrogens is 264 g/mol. The van der Waals surface area contributed by atoms with Crippen LogP contribution in [0.3, 0.4) is 0 Å². The van der Waals surface area contributed by atoms with Gasteiger partial charge in [0.1, 0.15) is 5.82 Å². The minimum Gasteiger partial charge on any atom is -0.385 e. The smallest absolute Gasteiger partial charge is 0.260 e. The Morgan fingerprint density at radius 3 is 2.76 bits per heavy atom. The van der Waals surface area contributed by atoms with E-state index in [4.69, 9.17) is 10.5 Å². The molecule has 0 radical (unpaired) electrons. The van der Waals surface area contributed by atoms with E-state index in [1.54, 1.807) is 4.57 Å². The van der Waals surface area contributed by atoms with Crippen LogP contribution in [-0.2, 0) is 4.74 Å². The number of rotatable bonds is 3. The molecule has 0 amide bonds. The van der Waals surface area contributed by atoms with Crippen molar-refractivity contribution in [1.29, 1.82) is 0 Å². The third kappa shape index (κ3) is 2.05. The molecule has 1 heterocycles. The molecule has 4 nitrogen and oxygen atoms in total. The lowest BCUT2D eigenvalue weighted by Crippen LogP contribution is -2.54. The van der Waals surface area contributed by atoms with Crippen LogP contribution < -0.4 is 11.3 Å². The monoisotopic (exact) mass is 286 g/mol. The standard InChI is InChI=1S/C17H22N2O2/c1-4-21-14-10-13(17(14,2)3)19-15(18)9-11-7-5-6-8-12(11)16(19)20/h5-9,13-14H,4,10,18H2,1-3H3. The quantitative estimate of drug-likeness (QED) is 0.943. The predicted molar refractivity (Wildman–Crippen MR) is 85.5 cm³/mol. The Hall–Kier alpha value is -1.81. The van der Waals surface area contributed by atoms with E-state index in [-0.39, 0.29) is 23.1 Å². The van der Waals surface area contributed by atoms with Crippen molar-refractivity contribution in [3.8, 4) is 0 Å². The van der Waals surface area contributed by atoms with Crippen molar-refractivity contribution in [2.75, 3.05) is 12.3 Å². The number of nitrogen functional groups attached to an aromatic ring is 1. The normalized spacial score (nSPS) is 24.0. The van der Waals surface area contributed by atoms with Crippen molar-refractivity contribution in [3.63, 3.8) is 0 Å². The molecule has 0 saturated heterocycles. The van der Waals surface area contributed by atoms with E-state index in [1.807, 2.05) is 37.3 Å². The third-order valence-electron chi connectivity index (χ3n) is 4.80. The van der Waals surface area contributed by atoms with Gasteiger partial charge in [-0.3, -0.25) is 9.36 Å². The summed E-state index contributed by atoms with van der Waals surface area (Å²) in [6.07, 6.45) is 1.02. The Morgan fingerprint density at radius 2 is 2.10 bits per heavy atom. The summed E-state index contributed by atoms with van der Waals surface area (Å²) >= 11 is 0. The van der Waals surface area contributed by atoms with Crippen LogP contribution in [0.15, 0.2) is 35.1 Å². The first-order valence-corrected chi connectivity index (χ1v) is 7.48. The van der Waals surface area contributed by atoms with Crippen LogP contribution in [0.25, 0.3) is 10.8 Å². The van der Waals surface area contributed by atoms with Gasteiger partial charge in [-0.1, -0.05) is 32.0 Å². The molecule has 2 atom stereocenters. The van der Waals surface area contributed by atoms with Crippen LogP contribution in [-0.4, -0.2) is 17.3 Å². The summed E-state index contributed by atoms with van der Waals surface area (Å²) in [5.74, 6) is 0.534. The van der Waals surface area contributed by atoms with Crippen LogP contribution >= 0.6 is 0 Å². The summed E-state index contributed by atoms with van der Waals surface area (Å²) in [7, 11) is 0. The molecule has 1 saturated carbocycles. The first-order valence-electron chi connectivity index (χ1n) is 7.48. The predicted octanol–water partition coefficient (Wildman–Crippen LogP) is 2.96. The van der Waals surface area contributed by atoms with Gasteiger partial charge in [0.25, 0.3) is 5.56 Å². The minimum atomic E-state index is -0.0869. The highest BCUT2D eigenvalue weighted by atomic mass is 16.5. The second kappa shape index (κ2) is 4.88. The van der Waals surface area contributed by atoms with Gasteiger partial charge in [0.15, 0.2) is 0 Å². The van der Waals surface area contributed by atoms with E-state index in [9.17, 15) is 4.79 Å². The summed E-state index contributed by atoms with van der Waals surface area (Å²) in [5, 5.41) is 1.62. The van der Waals surface area contributed by atoms with Crippen LogP contribution in [0, 0.1) is 5.41 Å². The molecule has 3 rings (SSSR count). The molecule has 1 fully saturated rings. The van der Waals surface area contributed by atoms with Crippen molar-refractivity contribution in [3.05, 3.63) is 40.7 Å². The van der Waals surface area contributed by atoms with Gasteiger partial charge < -0.3 is 10.5 Å². The maximum atomic E-state index is 12.8. The highest BCUT2D eigenvalue weighted by Gasteiger charge is 2.50. The first kappa shape index (κ1) is 14.1. The van der Waals surface area contributed by atoms with Gasteiger partial charge in [-0.05, 0) is 30.9 Å². The zero-order valence-electron chi connectivity index (χ0n) is 12.8. The van der Waals surface area contributed by atoms with Gasteiger partial charge in [0.2, 0.25) is 0 Å². The molecular formula is C17H22N2O2. The average molecular weight is 286 g/mol. The molecule has 0 bridgehead atoms. The number of nitrogens with two attached hydrogens (primary N) is 1. The number of hydrogen-bond donors (Lipinski definition) is 1. The minimum absolute atomic E-state index is 0.00127. The zero-order valence-corrected chi connectivity index (χ0v) is 12.8. The first-order chi connectivity index (χ1) is 9.96. The van der Waals surface area contributed by atoms with E-state index in [2.05, 4.69) is 13.8 Å². The highest BCUT2D eigenvalue weighted by molar-refractivity contribution is 5.83. The van der Waals surface area contributed by atoms with Crippen LogP contribution in [0.5, 0.6) is 0 Å². The molecule has 1 aliphatic rings. The Kier molecular flexibility index (Phi) is 3.29. The SMILES string of the molecule is CCOC1CC(n2c(N)cc3ccccc3c2=O)C1(C)C. The fourth-order valence-electron chi connectivity index (χ4n) is 3.40. The number of fused-ring (bicyclic) bond motifs is 1. The van der Waals surface area contributed by atoms with E-state index < -0.39 is 0 Å². The highest BCUT2D eigenvalue weighted by Crippen LogP contribution is 2.51. The van der Waals surface area contributed by atoms with Crippen LogP contribution in [0.2, 0.25) is 0 Å². The molecule has 112 valence electrons. The number of aromatic nitrogens is 1. The topological polar surface area (TPSA) is 57.2 Å². The summed E-state index contributed by atoms with van der Waals surface area (Å²) in [4.78, 5) is 12.8. The second-order valence-corrected chi connectivity index (χ2v) is 6.35. The van der Waals surface area contributed by atoms with Crippen LogP contribution in [0.4, 0.5) is 5.82 Å². The van der Waals surface area contributed by atoms with Crippen molar-refractivity contribution < 1.29 is 4.74 Å². The van der Waals surface area contributed by atoms with Gasteiger partial charge in [0, 0.05) is 23.4 Å². The molecule has 4 heteroatoms. The van der Waals surface area contributed by atoms with E-state index in [0.29, 0.717) is 12.4 Å². The summed E-state index contributed by atoms with van der Waals surface area (Å²) in [6.45, 7) is 6.98. The number of anilines is 1. The van der Waals surface area contributed by atoms with Crippen molar-refractivity contribution >= 4 is 16.6 Å². The number of hydrogen-bond acceptors (Lipinski definition) is 3. The van der Waals surface area contributed by atoms with Gasteiger partial charge in [-0.25, -0.2) is 0 Å². The molecule has 1 aromatic heterocycles. The Labute approximate surface area is 124 Å². The molecule has 2 unspecified atom stereocenters. The molecule has 21 heavy (non-hydrogen) atoms. The van der Waals surface area contributed by atoms with Gasteiger partial charge in [-0.2, -0.15) is 0 Å². The van der Waals surface area contributed by atoms with Crippen molar-refractivity contribution in [1.82, 2.24) is 4.57 Å². The number of pyridine rings is 1. The van der Waals surface area contributed by atoms with Gasteiger partial charge in [0.05, 0.1) is 6.10 Å². The Morgan fingerprint density at radius 1 is 1.38 bits per heavy atom. The summed E-state index contributed by atoms with van der Waals surface area (Å²) in [6, 6.07) is 9.57. The van der Waals surface area contributed by atoms with Gasteiger partial charge >= 0.3 is 0 Å². The maximum absolute atomic E-state index is 12.8. The molecule has 0 spiro atoms. The molecule has 0 aliphatic heterocycles. The lowest BCUT2D eigenvalue weighted by Gasteiger charge is -2.52.